The van der Waals surface area contributed by atoms with E-state index in [1.165, 1.54) is 6.42 Å². The molecule has 0 atom stereocenters. The van der Waals surface area contributed by atoms with E-state index in [0.717, 1.165) is 38.9 Å². The van der Waals surface area contributed by atoms with E-state index in [1.54, 1.807) is 7.11 Å². The number of rotatable bonds is 3. The Hall–Kier alpha value is -0.770. The summed E-state index contributed by atoms with van der Waals surface area (Å²) in [7, 11) is 1.75. The Balaban J connectivity index is 1.91. The second-order valence-corrected chi connectivity index (χ2v) is 4.25. The topological polar surface area (TPSA) is 41.6 Å². The molecule has 0 aromatic heterocycles. The Labute approximate surface area is 84.6 Å². The zero-order valence-electron chi connectivity index (χ0n) is 8.71. The average Bonchev–Trinajstić information content (AvgIpc) is 2.14. The van der Waals surface area contributed by atoms with Gasteiger partial charge in [-0.05, 0) is 25.7 Å². The first-order valence-electron chi connectivity index (χ1n) is 5.34. The quantitative estimate of drug-likeness (QED) is 0.734. The normalized spacial score (nSPS) is 25.5. The maximum atomic E-state index is 11.5. The van der Waals surface area contributed by atoms with Crippen molar-refractivity contribution >= 4 is 6.03 Å². The van der Waals surface area contributed by atoms with Gasteiger partial charge in [0.15, 0.2) is 0 Å². The van der Waals surface area contributed by atoms with Crippen LogP contribution in [0.5, 0.6) is 0 Å². The number of carbonyl (C=O) groups excluding carboxylic acids is 1. The van der Waals surface area contributed by atoms with Crippen LogP contribution >= 0.6 is 0 Å². The fourth-order valence-electron chi connectivity index (χ4n) is 2.18. The van der Waals surface area contributed by atoms with Crippen molar-refractivity contribution in [2.45, 2.75) is 31.3 Å². The standard InChI is InChI=1S/C10H18N2O2/c1-14-10(4-2-5-10)8-12-7-3-6-11-9(12)13/h2-8H2,1H3,(H,11,13). The van der Waals surface area contributed by atoms with Crippen LogP contribution in [0.15, 0.2) is 0 Å². The van der Waals surface area contributed by atoms with E-state index in [0.29, 0.717) is 0 Å². The van der Waals surface area contributed by atoms with E-state index in [2.05, 4.69) is 5.32 Å². The van der Waals surface area contributed by atoms with Crippen LogP contribution in [0, 0.1) is 0 Å². The first-order valence-corrected chi connectivity index (χ1v) is 5.34. The molecule has 0 spiro atoms. The van der Waals surface area contributed by atoms with Crippen LogP contribution < -0.4 is 5.32 Å². The lowest BCUT2D eigenvalue weighted by atomic mass is 9.79. The van der Waals surface area contributed by atoms with E-state index in [1.807, 2.05) is 4.90 Å². The molecule has 1 heterocycles. The van der Waals surface area contributed by atoms with Crippen molar-refractivity contribution in [3.8, 4) is 0 Å². The number of urea groups is 1. The zero-order chi connectivity index (χ0) is 10.0. The number of carbonyl (C=O) groups is 1. The van der Waals surface area contributed by atoms with Crippen molar-refractivity contribution in [1.82, 2.24) is 10.2 Å². The number of amides is 2. The van der Waals surface area contributed by atoms with Gasteiger partial charge in [-0.25, -0.2) is 4.79 Å². The van der Waals surface area contributed by atoms with Crippen LogP contribution in [0.3, 0.4) is 0 Å². The van der Waals surface area contributed by atoms with Crippen LogP contribution in [0.1, 0.15) is 25.7 Å². The molecule has 0 aromatic carbocycles. The van der Waals surface area contributed by atoms with Crippen molar-refractivity contribution in [1.29, 1.82) is 0 Å². The van der Waals surface area contributed by atoms with Crippen LogP contribution in [0.2, 0.25) is 0 Å². The van der Waals surface area contributed by atoms with Crippen molar-refractivity contribution in [2.75, 3.05) is 26.7 Å². The molecule has 2 fully saturated rings. The molecule has 2 rings (SSSR count). The fraction of sp³-hybridized carbons (Fsp3) is 0.900. The van der Waals surface area contributed by atoms with Crippen LogP contribution in [0.4, 0.5) is 4.79 Å². The lowest BCUT2D eigenvalue weighted by Gasteiger charge is -2.44. The summed E-state index contributed by atoms with van der Waals surface area (Å²) in [4.78, 5) is 13.4. The lowest BCUT2D eigenvalue weighted by Crippen LogP contribution is -2.55. The molecule has 2 amide bonds. The molecule has 0 aromatic rings. The third kappa shape index (κ3) is 1.71. The summed E-state index contributed by atoms with van der Waals surface area (Å²) in [6.07, 6.45) is 4.45. The van der Waals surface area contributed by atoms with Gasteiger partial charge in [-0.1, -0.05) is 0 Å². The maximum Gasteiger partial charge on any atom is 0.317 e. The molecular weight excluding hydrogens is 180 g/mol. The van der Waals surface area contributed by atoms with E-state index >= 15 is 0 Å². The van der Waals surface area contributed by atoms with Crippen molar-refractivity contribution in [3.05, 3.63) is 0 Å². The minimum absolute atomic E-state index is 0.0331. The van der Waals surface area contributed by atoms with Gasteiger partial charge in [-0.3, -0.25) is 0 Å². The summed E-state index contributed by atoms with van der Waals surface area (Å²) in [5, 5.41) is 2.86. The second kappa shape index (κ2) is 3.77. The van der Waals surface area contributed by atoms with Gasteiger partial charge in [-0.2, -0.15) is 0 Å². The fourth-order valence-corrected chi connectivity index (χ4v) is 2.18. The number of ether oxygens (including phenoxy) is 1. The van der Waals surface area contributed by atoms with Crippen LogP contribution in [0.25, 0.3) is 0 Å². The van der Waals surface area contributed by atoms with Crippen LogP contribution in [-0.4, -0.2) is 43.3 Å². The molecular formula is C10H18N2O2. The molecule has 4 heteroatoms. The third-order valence-corrected chi connectivity index (χ3v) is 3.35. The Bertz CT molecular complexity index is 221. The molecule has 1 aliphatic heterocycles. The smallest absolute Gasteiger partial charge is 0.317 e. The van der Waals surface area contributed by atoms with E-state index < -0.39 is 0 Å². The van der Waals surface area contributed by atoms with Gasteiger partial charge in [-0.15, -0.1) is 0 Å². The maximum absolute atomic E-state index is 11.5. The molecule has 1 N–H and O–H groups in total. The van der Waals surface area contributed by atoms with Crippen LogP contribution in [-0.2, 0) is 4.74 Å². The third-order valence-electron chi connectivity index (χ3n) is 3.35. The molecule has 1 saturated heterocycles. The van der Waals surface area contributed by atoms with Gasteiger partial charge in [0.1, 0.15) is 0 Å². The van der Waals surface area contributed by atoms with Crippen molar-refractivity contribution < 1.29 is 9.53 Å². The van der Waals surface area contributed by atoms with E-state index in [9.17, 15) is 4.79 Å². The number of hydrogen-bond acceptors (Lipinski definition) is 2. The minimum Gasteiger partial charge on any atom is -0.376 e. The predicted octanol–water partition coefficient (Wildman–Crippen LogP) is 0.971. The van der Waals surface area contributed by atoms with Gasteiger partial charge in [0.2, 0.25) is 0 Å². The molecule has 1 saturated carbocycles. The first kappa shape index (κ1) is 9.77. The summed E-state index contributed by atoms with van der Waals surface area (Å²) in [6, 6.07) is 0.0691. The zero-order valence-corrected chi connectivity index (χ0v) is 8.71. The molecule has 0 radical (unpaired) electrons. The van der Waals surface area contributed by atoms with Gasteiger partial charge in [0, 0.05) is 20.2 Å². The highest BCUT2D eigenvalue weighted by atomic mass is 16.5. The van der Waals surface area contributed by atoms with Gasteiger partial charge >= 0.3 is 6.03 Å². The summed E-state index contributed by atoms with van der Waals surface area (Å²) in [5.74, 6) is 0. The molecule has 14 heavy (non-hydrogen) atoms. The van der Waals surface area contributed by atoms with Crippen molar-refractivity contribution in [3.63, 3.8) is 0 Å². The Kier molecular flexibility index (Phi) is 2.63. The number of nitrogens with one attached hydrogen (secondary N) is 1. The molecule has 0 bridgehead atoms. The summed E-state index contributed by atoms with van der Waals surface area (Å²) in [5.41, 5.74) is -0.0331. The Morgan fingerprint density at radius 1 is 1.50 bits per heavy atom. The first-order chi connectivity index (χ1) is 6.76. The van der Waals surface area contributed by atoms with Gasteiger partial charge < -0.3 is 15.0 Å². The highest BCUT2D eigenvalue weighted by Crippen LogP contribution is 2.35. The van der Waals surface area contributed by atoms with Gasteiger partial charge in [0.25, 0.3) is 0 Å². The highest BCUT2D eigenvalue weighted by molar-refractivity contribution is 5.74. The lowest BCUT2D eigenvalue weighted by molar-refractivity contribution is -0.0859. The Morgan fingerprint density at radius 3 is 2.79 bits per heavy atom. The number of hydrogen-bond donors (Lipinski definition) is 1. The summed E-state index contributed by atoms with van der Waals surface area (Å²) >= 11 is 0. The summed E-state index contributed by atoms with van der Waals surface area (Å²) in [6.45, 7) is 2.45. The SMILES string of the molecule is COC1(CN2CCCNC2=O)CCC1. The minimum atomic E-state index is -0.0331. The van der Waals surface area contributed by atoms with E-state index in [4.69, 9.17) is 4.74 Å². The molecule has 80 valence electrons. The highest BCUT2D eigenvalue weighted by Gasteiger charge is 2.40. The van der Waals surface area contributed by atoms with Crippen molar-refractivity contribution in [2.24, 2.45) is 0 Å². The largest absolute Gasteiger partial charge is 0.376 e. The van der Waals surface area contributed by atoms with Gasteiger partial charge in [0.05, 0.1) is 12.1 Å². The molecule has 0 unspecified atom stereocenters. The van der Waals surface area contributed by atoms with E-state index in [-0.39, 0.29) is 11.6 Å². The molecule has 1 aliphatic carbocycles. The Morgan fingerprint density at radius 2 is 2.29 bits per heavy atom. The number of methoxy groups -OCH3 is 1. The molecule has 2 aliphatic rings. The monoisotopic (exact) mass is 198 g/mol. The summed E-state index contributed by atoms with van der Waals surface area (Å²) < 4.78 is 5.50. The number of nitrogens with zero attached hydrogens (tertiary/aromatic N) is 1. The predicted molar refractivity (Wildman–Crippen MR) is 53.2 cm³/mol. The molecule has 4 nitrogen and oxygen atoms in total. The second-order valence-electron chi connectivity index (χ2n) is 4.25. The average molecular weight is 198 g/mol.